The maximum absolute atomic E-state index is 13.0. The van der Waals surface area contributed by atoms with E-state index in [1.165, 1.54) is 0 Å². The number of allylic oxidation sites excluding steroid dienone is 4. The molecule has 1 aromatic carbocycles. The van der Waals surface area contributed by atoms with Crippen LogP contribution in [0.5, 0.6) is 11.5 Å². The van der Waals surface area contributed by atoms with Crippen molar-refractivity contribution in [3.05, 3.63) is 46.3 Å². The van der Waals surface area contributed by atoms with Crippen LogP contribution >= 0.6 is 0 Å². The largest absolute Gasteiger partial charge is 0.497 e. The van der Waals surface area contributed by atoms with Crippen molar-refractivity contribution >= 4 is 5.78 Å². The normalized spacial score (nSPS) is 21.7. The van der Waals surface area contributed by atoms with Gasteiger partial charge < -0.3 is 14.8 Å². The van der Waals surface area contributed by atoms with Gasteiger partial charge in [-0.25, -0.2) is 0 Å². The van der Waals surface area contributed by atoms with E-state index in [1.54, 1.807) is 20.3 Å². The molecule has 0 bridgehead atoms. The molecule has 0 spiro atoms. The molecule has 5 nitrogen and oxygen atoms in total. The summed E-state index contributed by atoms with van der Waals surface area (Å²) >= 11 is 0. The molecule has 1 aromatic rings. The zero-order chi connectivity index (χ0) is 19.1. The van der Waals surface area contributed by atoms with Crippen molar-refractivity contribution in [2.24, 2.45) is 5.41 Å². The van der Waals surface area contributed by atoms with E-state index in [1.807, 2.05) is 19.1 Å². The molecule has 0 radical (unpaired) electrons. The molecule has 26 heavy (non-hydrogen) atoms. The smallest absolute Gasteiger partial charge is 0.162 e. The number of hydrogen-bond donors (Lipinski definition) is 1. The lowest BCUT2D eigenvalue weighted by atomic mass is 9.69. The van der Waals surface area contributed by atoms with Crippen molar-refractivity contribution in [2.75, 3.05) is 14.2 Å². The van der Waals surface area contributed by atoms with Gasteiger partial charge in [-0.3, -0.25) is 4.79 Å². The molecular formula is C21H24N2O3. The van der Waals surface area contributed by atoms with Crippen LogP contribution in [0.4, 0.5) is 0 Å². The third kappa shape index (κ3) is 3.08. The molecule has 5 heteroatoms. The van der Waals surface area contributed by atoms with Crippen LogP contribution in [-0.4, -0.2) is 20.0 Å². The van der Waals surface area contributed by atoms with Gasteiger partial charge in [0.05, 0.1) is 31.8 Å². The number of hydrogen-bond acceptors (Lipinski definition) is 5. The SMILES string of the molecule is COc1cc(OC)cc([C@@H]2C(C#N)=C(C)NC3=C2C(=O)CC(C)(C)C3)c1. The van der Waals surface area contributed by atoms with Gasteiger partial charge in [-0.15, -0.1) is 0 Å². The van der Waals surface area contributed by atoms with Crippen LogP contribution in [0.3, 0.4) is 0 Å². The number of carbonyl (C=O) groups excluding carboxylic acids is 1. The van der Waals surface area contributed by atoms with E-state index in [4.69, 9.17) is 9.47 Å². The van der Waals surface area contributed by atoms with Crippen molar-refractivity contribution in [1.29, 1.82) is 5.26 Å². The number of benzene rings is 1. The number of dihydropyridines is 1. The zero-order valence-corrected chi connectivity index (χ0v) is 15.9. The van der Waals surface area contributed by atoms with E-state index in [2.05, 4.69) is 25.2 Å². The summed E-state index contributed by atoms with van der Waals surface area (Å²) in [5.74, 6) is 0.969. The fraction of sp³-hybridized carbons (Fsp3) is 0.429. The van der Waals surface area contributed by atoms with Gasteiger partial charge in [-0.1, -0.05) is 13.8 Å². The van der Waals surface area contributed by atoms with E-state index in [0.717, 1.165) is 23.4 Å². The van der Waals surface area contributed by atoms with Crippen LogP contribution in [0.15, 0.2) is 40.7 Å². The molecule has 0 saturated heterocycles. The summed E-state index contributed by atoms with van der Waals surface area (Å²) in [5.41, 5.74) is 3.72. The second-order valence-electron chi connectivity index (χ2n) is 7.69. The van der Waals surface area contributed by atoms with Crippen LogP contribution in [-0.2, 0) is 4.79 Å². The molecular weight excluding hydrogens is 328 g/mol. The highest BCUT2D eigenvalue weighted by molar-refractivity contribution is 6.00. The quantitative estimate of drug-likeness (QED) is 0.895. The maximum Gasteiger partial charge on any atom is 0.162 e. The summed E-state index contributed by atoms with van der Waals surface area (Å²) in [7, 11) is 3.18. The Hall–Kier alpha value is -2.74. The first-order valence-corrected chi connectivity index (χ1v) is 8.66. The lowest BCUT2D eigenvalue weighted by Gasteiger charge is -2.38. The summed E-state index contributed by atoms with van der Waals surface area (Å²) in [6.45, 7) is 6.08. The molecule has 1 aliphatic heterocycles. The summed E-state index contributed by atoms with van der Waals surface area (Å²) < 4.78 is 10.8. The van der Waals surface area contributed by atoms with Gasteiger partial charge in [-0.05, 0) is 36.5 Å². The van der Waals surface area contributed by atoms with E-state index in [9.17, 15) is 10.1 Å². The zero-order valence-electron chi connectivity index (χ0n) is 15.9. The molecule has 0 aromatic heterocycles. The van der Waals surface area contributed by atoms with Gasteiger partial charge >= 0.3 is 0 Å². The number of methoxy groups -OCH3 is 2. The fourth-order valence-corrected chi connectivity index (χ4v) is 3.91. The lowest BCUT2D eigenvalue weighted by Crippen LogP contribution is -2.36. The first-order valence-electron chi connectivity index (χ1n) is 8.66. The number of carbonyl (C=O) groups is 1. The minimum Gasteiger partial charge on any atom is -0.497 e. The minimum atomic E-state index is -0.399. The number of ether oxygens (including phenoxy) is 2. The molecule has 0 unspecified atom stereocenters. The highest BCUT2D eigenvalue weighted by Crippen LogP contribution is 2.47. The first-order chi connectivity index (χ1) is 12.3. The van der Waals surface area contributed by atoms with Crippen molar-refractivity contribution in [3.63, 3.8) is 0 Å². The summed E-state index contributed by atoms with van der Waals surface area (Å²) in [5, 5.41) is 13.1. The second-order valence-corrected chi connectivity index (χ2v) is 7.69. The van der Waals surface area contributed by atoms with Gasteiger partial charge in [0.2, 0.25) is 0 Å². The summed E-state index contributed by atoms with van der Waals surface area (Å²) in [4.78, 5) is 13.0. The van der Waals surface area contributed by atoms with Gasteiger partial charge in [0.15, 0.2) is 5.78 Å². The maximum atomic E-state index is 13.0. The molecule has 136 valence electrons. The van der Waals surface area contributed by atoms with Crippen LogP contribution in [0.2, 0.25) is 0 Å². The van der Waals surface area contributed by atoms with Gasteiger partial charge in [0, 0.05) is 29.5 Å². The highest BCUT2D eigenvalue weighted by Gasteiger charge is 2.41. The first kappa shape index (κ1) is 18.1. The standard InChI is InChI=1S/C21H24N2O3/c1-12-16(11-22)19(13-6-14(25-4)8-15(7-13)26-5)20-17(23-12)9-21(2,3)10-18(20)24/h6-8,19,23H,9-10H2,1-5H3/t19-/m1/s1. The topological polar surface area (TPSA) is 71.3 Å². The Bertz CT molecular complexity index is 849. The number of nitrogens with zero attached hydrogens (tertiary/aromatic N) is 1. The molecule has 0 saturated carbocycles. The third-order valence-corrected chi connectivity index (χ3v) is 5.07. The molecule has 1 heterocycles. The van der Waals surface area contributed by atoms with Crippen molar-refractivity contribution in [1.82, 2.24) is 5.32 Å². The number of Topliss-reactive ketones (excluding diaryl/α,β-unsaturated/α-hetero) is 1. The van der Waals surface area contributed by atoms with Crippen LogP contribution in [0.1, 0.15) is 45.1 Å². The van der Waals surface area contributed by atoms with E-state index in [-0.39, 0.29) is 11.2 Å². The Balaban J connectivity index is 2.22. The van der Waals surface area contributed by atoms with Crippen LogP contribution < -0.4 is 14.8 Å². The van der Waals surface area contributed by atoms with Gasteiger partial charge in [0.25, 0.3) is 0 Å². The van der Waals surface area contributed by atoms with Crippen molar-refractivity contribution < 1.29 is 14.3 Å². The minimum absolute atomic E-state index is 0.0933. The third-order valence-electron chi connectivity index (χ3n) is 5.07. The Morgan fingerprint density at radius 1 is 1.15 bits per heavy atom. The van der Waals surface area contributed by atoms with E-state index < -0.39 is 5.92 Å². The number of ketones is 1. The van der Waals surface area contributed by atoms with E-state index >= 15 is 0 Å². The molecule has 0 amide bonds. The number of nitrogens with one attached hydrogen (secondary N) is 1. The van der Waals surface area contributed by atoms with Crippen molar-refractivity contribution in [2.45, 2.75) is 39.5 Å². The molecule has 1 N–H and O–H groups in total. The fourth-order valence-electron chi connectivity index (χ4n) is 3.91. The monoisotopic (exact) mass is 352 g/mol. The number of nitriles is 1. The molecule has 0 fully saturated rings. The van der Waals surface area contributed by atoms with Crippen LogP contribution in [0.25, 0.3) is 0 Å². The molecule has 1 aliphatic carbocycles. The van der Waals surface area contributed by atoms with Gasteiger partial charge in [0.1, 0.15) is 11.5 Å². The predicted molar refractivity (Wildman–Crippen MR) is 98.8 cm³/mol. The number of rotatable bonds is 3. The molecule has 1 atom stereocenters. The summed E-state index contributed by atoms with van der Waals surface area (Å²) in [6.07, 6.45) is 1.25. The van der Waals surface area contributed by atoms with Gasteiger partial charge in [-0.2, -0.15) is 5.26 Å². The average molecular weight is 352 g/mol. The predicted octanol–water partition coefficient (Wildman–Crippen LogP) is 3.83. The Kier molecular flexibility index (Phi) is 4.53. The van der Waals surface area contributed by atoms with Crippen molar-refractivity contribution in [3.8, 4) is 17.6 Å². The Morgan fingerprint density at radius 2 is 1.77 bits per heavy atom. The van der Waals surface area contributed by atoms with Crippen LogP contribution in [0, 0.1) is 16.7 Å². The second kappa shape index (κ2) is 6.53. The lowest BCUT2D eigenvalue weighted by molar-refractivity contribution is -0.118. The highest BCUT2D eigenvalue weighted by atomic mass is 16.5. The van der Waals surface area contributed by atoms with E-state index in [0.29, 0.717) is 29.1 Å². The molecule has 3 rings (SSSR count). The summed E-state index contributed by atoms with van der Waals surface area (Å²) in [6, 6.07) is 7.84. The Labute approximate surface area is 154 Å². The average Bonchev–Trinajstić information content (AvgIpc) is 2.58. The molecule has 2 aliphatic rings. The Morgan fingerprint density at radius 3 is 2.31 bits per heavy atom.